The van der Waals surface area contributed by atoms with Crippen molar-refractivity contribution in [3.63, 3.8) is 0 Å². The van der Waals surface area contributed by atoms with Crippen LogP contribution in [0.2, 0.25) is 0 Å². The van der Waals surface area contributed by atoms with Gasteiger partial charge in [-0.1, -0.05) is 36.4 Å². The summed E-state index contributed by atoms with van der Waals surface area (Å²) in [4.78, 5) is 0. The van der Waals surface area contributed by atoms with Crippen molar-refractivity contribution >= 4 is 22.5 Å². The number of fused-ring (bicyclic) bond motifs is 2. The Kier molecular flexibility index (Phi) is 2.47. The van der Waals surface area contributed by atoms with E-state index in [0.29, 0.717) is 0 Å². The first kappa shape index (κ1) is 12.0. The van der Waals surface area contributed by atoms with Gasteiger partial charge in [0.2, 0.25) is 5.96 Å². The van der Waals surface area contributed by atoms with Crippen molar-refractivity contribution < 1.29 is 0 Å². The van der Waals surface area contributed by atoms with E-state index in [0.717, 1.165) is 35.6 Å². The smallest absolute Gasteiger partial charge is 0.215 e. The van der Waals surface area contributed by atoms with Crippen LogP contribution >= 0.6 is 0 Å². The third-order valence-electron chi connectivity index (χ3n) is 3.90. The SMILES string of the molecule is N=C(N)n1nc(-c2ccc3ccccc3c2)c2c1NCC2. The summed E-state index contributed by atoms with van der Waals surface area (Å²) in [6.07, 6.45) is 0.908. The van der Waals surface area contributed by atoms with E-state index in [4.69, 9.17) is 11.1 Å². The number of aromatic nitrogens is 2. The van der Waals surface area contributed by atoms with Crippen molar-refractivity contribution in [1.29, 1.82) is 5.41 Å². The summed E-state index contributed by atoms with van der Waals surface area (Å²) in [6.45, 7) is 0.862. The second-order valence-corrected chi connectivity index (χ2v) is 5.21. The van der Waals surface area contributed by atoms with E-state index < -0.39 is 0 Å². The van der Waals surface area contributed by atoms with Crippen LogP contribution in [0.5, 0.6) is 0 Å². The molecule has 0 unspecified atom stereocenters. The Hall–Kier alpha value is -2.82. The van der Waals surface area contributed by atoms with Gasteiger partial charge >= 0.3 is 0 Å². The van der Waals surface area contributed by atoms with Crippen molar-refractivity contribution in [3.05, 3.63) is 48.0 Å². The summed E-state index contributed by atoms with van der Waals surface area (Å²) in [7, 11) is 0. The molecule has 0 saturated heterocycles. The van der Waals surface area contributed by atoms with Gasteiger partial charge in [-0.05, 0) is 23.3 Å². The Labute approximate surface area is 121 Å². The molecule has 0 amide bonds. The van der Waals surface area contributed by atoms with Crippen LogP contribution < -0.4 is 11.1 Å². The van der Waals surface area contributed by atoms with Crippen LogP contribution in [0.15, 0.2) is 42.5 Å². The quantitative estimate of drug-likeness (QED) is 0.472. The predicted molar refractivity (Wildman–Crippen MR) is 84.7 cm³/mol. The molecule has 0 bridgehead atoms. The van der Waals surface area contributed by atoms with E-state index in [-0.39, 0.29) is 5.96 Å². The molecule has 3 aromatic rings. The fourth-order valence-corrected chi connectivity index (χ4v) is 2.92. The van der Waals surface area contributed by atoms with E-state index in [9.17, 15) is 0 Å². The molecule has 1 aliphatic heterocycles. The number of benzene rings is 2. The topological polar surface area (TPSA) is 79.7 Å². The van der Waals surface area contributed by atoms with Crippen LogP contribution in [0, 0.1) is 5.41 Å². The zero-order chi connectivity index (χ0) is 14.4. The molecule has 21 heavy (non-hydrogen) atoms. The average molecular weight is 277 g/mol. The average Bonchev–Trinajstić information content (AvgIpc) is 3.08. The number of nitrogens with two attached hydrogens (primary N) is 1. The van der Waals surface area contributed by atoms with Crippen molar-refractivity contribution in [2.24, 2.45) is 5.73 Å². The molecule has 2 heterocycles. The van der Waals surface area contributed by atoms with E-state index in [1.54, 1.807) is 0 Å². The van der Waals surface area contributed by atoms with E-state index in [1.807, 2.05) is 12.1 Å². The fraction of sp³-hybridized carbons (Fsp3) is 0.125. The lowest BCUT2D eigenvalue weighted by Crippen LogP contribution is -2.23. The first-order valence-corrected chi connectivity index (χ1v) is 6.93. The van der Waals surface area contributed by atoms with Crippen molar-refractivity contribution in [2.75, 3.05) is 11.9 Å². The van der Waals surface area contributed by atoms with Gasteiger partial charge in [-0.25, -0.2) is 0 Å². The Balaban J connectivity index is 1.92. The van der Waals surface area contributed by atoms with Gasteiger partial charge in [-0.15, -0.1) is 0 Å². The maximum Gasteiger partial charge on any atom is 0.215 e. The molecule has 0 radical (unpaired) electrons. The van der Waals surface area contributed by atoms with Crippen LogP contribution in [-0.4, -0.2) is 22.3 Å². The zero-order valence-corrected chi connectivity index (χ0v) is 11.4. The Morgan fingerprint density at radius 1 is 1.19 bits per heavy atom. The van der Waals surface area contributed by atoms with Crippen LogP contribution in [-0.2, 0) is 6.42 Å². The van der Waals surface area contributed by atoms with Crippen LogP contribution in [0.4, 0.5) is 5.82 Å². The maximum atomic E-state index is 7.65. The monoisotopic (exact) mass is 277 g/mol. The molecule has 4 N–H and O–H groups in total. The van der Waals surface area contributed by atoms with E-state index >= 15 is 0 Å². The molecule has 1 aromatic heterocycles. The van der Waals surface area contributed by atoms with Gasteiger partial charge in [0.15, 0.2) is 0 Å². The van der Waals surface area contributed by atoms with Crippen molar-refractivity contribution in [3.8, 4) is 11.3 Å². The lowest BCUT2D eigenvalue weighted by Gasteiger charge is -2.03. The number of rotatable bonds is 1. The van der Waals surface area contributed by atoms with Gasteiger partial charge in [-0.3, -0.25) is 5.41 Å². The summed E-state index contributed by atoms with van der Waals surface area (Å²) >= 11 is 0. The van der Waals surface area contributed by atoms with Gasteiger partial charge in [0, 0.05) is 17.7 Å². The van der Waals surface area contributed by atoms with Gasteiger partial charge in [0.1, 0.15) is 5.82 Å². The molecule has 2 aromatic carbocycles. The maximum absolute atomic E-state index is 7.65. The first-order chi connectivity index (χ1) is 10.2. The van der Waals surface area contributed by atoms with Crippen molar-refractivity contribution in [1.82, 2.24) is 9.78 Å². The molecule has 1 aliphatic rings. The lowest BCUT2D eigenvalue weighted by molar-refractivity contribution is 0.911. The lowest BCUT2D eigenvalue weighted by atomic mass is 10.0. The standard InChI is InChI=1S/C16H15N5/c17-16(18)21-15-13(7-8-19-15)14(20-21)12-6-5-10-3-1-2-4-11(10)9-12/h1-6,9,19H,7-8H2,(H3,17,18). The highest BCUT2D eigenvalue weighted by molar-refractivity contribution is 5.89. The molecular weight excluding hydrogens is 262 g/mol. The Morgan fingerprint density at radius 2 is 2.00 bits per heavy atom. The highest BCUT2D eigenvalue weighted by atomic mass is 15.4. The summed E-state index contributed by atoms with van der Waals surface area (Å²) < 4.78 is 1.48. The van der Waals surface area contributed by atoms with Gasteiger partial charge in [0.05, 0.1) is 5.69 Å². The zero-order valence-electron chi connectivity index (χ0n) is 11.4. The minimum atomic E-state index is -0.0623. The third kappa shape index (κ3) is 1.78. The van der Waals surface area contributed by atoms with Crippen LogP contribution in [0.3, 0.4) is 0 Å². The van der Waals surface area contributed by atoms with E-state index in [1.165, 1.54) is 15.5 Å². The predicted octanol–water partition coefficient (Wildman–Crippen LogP) is 2.41. The molecule has 0 spiro atoms. The molecular formula is C16H15N5. The summed E-state index contributed by atoms with van der Waals surface area (Å²) in [5.74, 6) is 0.790. The molecule has 0 fully saturated rings. The fourth-order valence-electron chi connectivity index (χ4n) is 2.92. The van der Waals surface area contributed by atoms with Gasteiger partial charge in [-0.2, -0.15) is 9.78 Å². The molecule has 0 aliphatic carbocycles. The van der Waals surface area contributed by atoms with Crippen LogP contribution in [0.1, 0.15) is 5.56 Å². The molecule has 5 heteroatoms. The molecule has 104 valence electrons. The third-order valence-corrected chi connectivity index (χ3v) is 3.90. The number of hydrogen-bond donors (Lipinski definition) is 3. The highest BCUT2D eigenvalue weighted by Gasteiger charge is 2.24. The van der Waals surface area contributed by atoms with Gasteiger partial charge < -0.3 is 11.1 Å². The largest absolute Gasteiger partial charge is 0.369 e. The normalized spacial score (nSPS) is 13.1. The summed E-state index contributed by atoms with van der Waals surface area (Å²) in [5.41, 5.74) is 8.73. The number of hydrogen-bond acceptors (Lipinski definition) is 3. The van der Waals surface area contributed by atoms with E-state index in [2.05, 4.69) is 40.7 Å². The van der Waals surface area contributed by atoms with Gasteiger partial charge in [0.25, 0.3) is 0 Å². The Morgan fingerprint density at radius 3 is 2.81 bits per heavy atom. The minimum Gasteiger partial charge on any atom is -0.369 e. The summed E-state index contributed by atoms with van der Waals surface area (Å²) in [6, 6.07) is 14.6. The number of nitrogens with zero attached hydrogens (tertiary/aromatic N) is 2. The number of nitrogen functional groups attached to an aromatic ring is 1. The van der Waals surface area contributed by atoms with Crippen molar-refractivity contribution in [2.45, 2.75) is 6.42 Å². The van der Waals surface area contributed by atoms with Crippen LogP contribution in [0.25, 0.3) is 22.0 Å². The second-order valence-electron chi connectivity index (χ2n) is 5.21. The second kappa shape index (κ2) is 4.34. The number of nitrogens with one attached hydrogen (secondary N) is 2. The molecule has 0 atom stereocenters. The Bertz CT molecular complexity index is 862. The first-order valence-electron chi connectivity index (χ1n) is 6.93. The highest BCUT2D eigenvalue weighted by Crippen LogP contribution is 2.33. The molecule has 4 rings (SSSR count). The molecule has 0 saturated carbocycles. The minimum absolute atomic E-state index is 0.0623. The molecule has 5 nitrogen and oxygen atoms in total. The summed E-state index contributed by atoms with van der Waals surface area (Å²) in [5, 5.41) is 17.8. The number of anilines is 1.